The molecule has 5 nitrogen and oxygen atoms in total. The lowest BCUT2D eigenvalue weighted by molar-refractivity contribution is -0.942. The van der Waals surface area contributed by atoms with Crippen molar-refractivity contribution in [1.29, 1.82) is 0 Å². The zero-order chi connectivity index (χ0) is 20.6. The van der Waals surface area contributed by atoms with Gasteiger partial charge in [-0.25, -0.2) is 4.79 Å². The minimum atomic E-state index is -0.420. The van der Waals surface area contributed by atoms with Crippen LogP contribution < -0.4 is 5.32 Å². The van der Waals surface area contributed by atoms with Gasteiger partial charge in [0, 0.05) is 6.42 Å². The number of likely N-dealkylation sites (N-methyl/N-ethyl adjacent to an activating group) is 1. The molecule has 0 bridgehead atoms. The van der Waals surface area contributed by atoms with E-state index >= 15 is 0 Å². The summed E-state index contributed by atoms with van der Waals surface area (Å²) in [6.07, 6.45) is 8.00. The fourth-order valence-corrected chi connectivity index (χ4v) is 4.59. The Balaban J connectivity index is 2.34. The van der Waals surface area contributed by atoms with Gasteiger partial charge in [0.2, 0.25) is 0 Å². The molecule has 1 atom stereocenters. The van der Waals surface area contributed by atoms with Crippen LogP contribution in [0.5, 0.6) is 0 Å². The second kappa shape index (κ2) is 10.6. The molecule has 0 radical (unpaired) electrons. The quantitative estimate of drug-likeness (QED) is 0.544. The first-order valence-corrected chi connectivity index (χ1v) is 10.8. The van der Waals surface area contributed by atoms with Crippen LogP contribution in [0.3, 0.4) is 0 Å². The fraction of sp³-hybridized carbons (Fsp3) is 0.652. The first-order valence-electron chi connectivity index (χ1n) is 10.8. The molecule has 28 heavy (non-hydrogen) atoms. The molecule has 2 rings (SSSR count). The predicted molar refractivity (Wildman–Crippen MR) is 113 cm³/mol. The van der Waals surface area contributed by atoms with E-state index in [4.69, 9.17) is 4.74 Å². The molecule has 1 fully saturated rings. The van der Waals surface area contributed by atoms with Crippen LogP contribution in [0.25, 0.3) is 0 Å². The summed E-state index contributed by atoms with van der Waals surface area (Å²) in [4.78, 5) is 25.7. The van der Waals surface area contributed by atoms with Crippen molar-refractivity contribution >= 4 is 17.6 Å². The van der Waals surface area contributed by atoms with E-state index in [9.17, 15) is 9.59 Å². The predicted octanol–water partition coefficient (Wildman–Crippen LogP) is 4.69. The highest BCUT2D eigenvalue weighted by Crippen LogP contribution is 2.27. The summed E-state index contributed by atoms with van der Waals surface area (Å²) in [5, 5.41) is 3.12. The van der Waals surface area contributed by atoms with Crippen molar-refractivity contribution in [2.24, 2.45) is 0 Å². The van der Waals surface area contributed by atoms with Crippen molar-refractivity contribution in [1.82, 2.24) is 0 Å². The number of likely N-dealkylation sites (tertiary alicyclic amines) is 1. The molecule has 156 valence electrons. The Bertz CT molecular complexity index is 664. The van der Waals surface area contributed by atoms with Crippen molar-refractivity contribution in [3.63, 3.8) is 0 Å². The van der Waals surface area contributed by atoms with E-state index in [0.29, 0.717) is 11.3 Å². The van der Waals surface area contributed by atoms with Crippen LogP contribution in [0.4, 0.5) is 5.69 Å². The van der Waals surface area contributed by atoms with Crippen molar-refractivity contribution in [3.8, 4) is 0 Å². The molecule has 0 aromatic heterocycles. The molecule has 0 saturated carbocycles. The molecule has 1 aliphatic rings. The highest BCUT2D eigenvalue weighted by molar-refractivity contribution is 6.03. The number of methoxy groups -OCH3 is 1. The smallest absolute Gasteiger partial charge is 0.339 e. The monoisotopic (exact) mass is 389 g/mol. The van der Waals surface area contributed by atoms with Gasteiger partial charge in [-0.05, 0) is 57.6 Å². The Morgan fingerprint density at radius 1 is 1.11 bits per heavy atom. The van der Waals surface area contributed by atoms with E-state index in [0.717, 1.165) is 42.5 Å². The number of nitrogens with zero attached hydrogens (tertiary/aromatic N) is 1. The number of carbonyl (C=O) groups is 2. The van der Waals surface area contributed by atoms with Gasteiger partial charge < -0.3 is 14.5 Å². The minimum absolute atomic E-state index is 0.0312. The number of nitrogens with one attached hydrogen (secondary N) is 1. The normalized spacial score (nSPS) is 17.9. The van der Waals surface area contributed by atoms with E-state index in [1.54, 1.807) is 6.07 Å². The molecule has 1 amide bonds. The number of benzene rings is 1. The van der Waals surface area contributed by atoms with Crippen molar-refractivity contribution in [2.75, 3.05) is 32.1 Å². The SMILES string of the molecule is CCCC(C(=O)Nc1c(C)cccc1C(=O)OC)[N+]1(CC)CCCCCCC1. The average molecular weight is 390 g/mol. The minimum Gasteiger partial charge on any atom is -0.465 e. The highest BCUT2D eigenvalue weighted by Gasteiger charge is 2.40. The Hall–Kier alpha value is -1.88. The summed E-state index contributed by atoms with van der Waals surface area (Å²) in [7, 11) is 1.37. The maximum atomic E-state index is 13.5. The lowest BCUT2D eigenvalue weighted by atomic mass is 9.99. The Morgan fingerprint density at radius 3 is 2.32 bits per heavy atom. The number of quaternary nitrogens is 1. The van der Waals surface area contributed by atoms with Crippen LogP contribution in [0.15, 0.2) is 18.2 Å². The lowest BCUT2D eigenvalue weighted by Crippen LogP contribution is -2.61. The van der Waals surface area contributed by atoms with E-state index in [2.05, 4.69) is 19.2 Å². The molecule has 1 N–H and O–H groups in total. The van der Waals surface area contributed by atoms with Gasteiger partial charge in [0.25, 0.3) is 5.91 Å². The van der Waals surface area contributed by atoms with E-state index in [1.165, 1.54) is 39.2 Å². The van der Waals surface area contributed by atoms with Crippen LogP contribution in [0.1, 0.15) is 74.7 Å². The Labute approximate surface area is 170 Å². The van der Waals surface area contributed by atoms with Gasteiger partial charge in [0.05, 0.1) is 38.0 Å². The summed E-state index contributed by atoms with van der Waals surface area (Å²) in [6.45, 7) is 9.36. The third-order valence-electron chi connectivity index (χ3n) is 6.29. The van der Waals surface area contributed by atoms with Crippen LogP contribution in [-0.4, -0.2) is 49.1 Å². The maximum absolute atomic E-state index is 13.5. The van der Waals surface area contributed by atoms with Gasteiger partial charge in [-0.2, -0.15) is 0 Å². The van der Waals surface area contributed by atoms with E-state index < -0.39 is 5.97 Å². The summed E-state index contributed by atoms with van der Waals surface area (Å²) < 4.78 is 5.78. The molecule has 1 aliphatic heterocycles. The Morgan fingerprint density at radius 2 is 1.75 bits per heavy atom. The van der Waals surface area contributed by atoms with E-state index in [-0.39, 0.29) is 11.9 Å². The van der Waals surface area contributed by atoms with Crippen LogP contribution in [0, 0.1) is 6.92 Å². The van der Waals surface area contributed by atoms with Gasteiger partial charge in [0.1, 0.15) is 0 Å². The molecule has 0 aliphatic carbocycles. The highest BCUT2D eigenvalue weighted by atomic mass is 16.5. The largest absolute Gasteiger partial charge is 0.465 e. The second-order valence-corrected chi connectivity index (χ2v) is 8.03. The molecule has 5 heteroatoms. The number of amides is 1. The Kier molecular flexibility index (Phi) is 8.49. The molecular formula is C23H37N2O3+. The van der Waals surface area contributed by atoms with Crippen LogP contribution >= 0.6 is 0 Å². The number of carbonyl (C=O) groups excluding carboxylic acids is 2. The topological polar surface area (TPSA) is 55.4 Å². The van der Waals surface area contributed by atoms with Crippen molar-refractivity contribution < 1.29 is 18.8 Å². The fourth-order valence-electron chi connectivity index (χ4n) is 4.59. The van der Waals surface area contributed by atoms with Crippen molar-refractivity contribution in [3.05, 3.63) is 29.3 Å². The zero-order valence-corrected chi connectivity index (χ0v) is 18.1. The molecule has 1 heterocycles. The van der Waals surface area contributed by atoms with Gasteiger partial charge >= 0.3 is 5.97 Å². The average Bonchev–Trinajstić information content (AvgIpc) is 2.68. The number of esters is 1. The summed E-state index contributed by atoms with van der Waals surface area (Å²) in [5.41, 5.74) is 1.88. The molecular weight excluding hydrogens is 352 g/mol. The zero-order valence-electron chi connectivity index (χ0n) is 18.1. The number of aryl methyl sites for hydroxylation is 1. The number of hydrogen-bond donors (Lipinski definition) is 1. The van der Waals surface area contributed by atoms with Crippen LogP contribution in [0.2, 0.25) is 0 Å². The van der Waals surface area contributed by atoms with Crippen LogP contribution in [-0.2, 0) is 9.53 Å². The third kappa shape index (κ3) is 5.13. The lowest BCUT2D eigenvalue weighted by Gasteiger charge is -2.44. The van der Waals surface area contributed by atoms with Gasteiger partial charge in [-0.3, -0.25) is 4.79 Å². The standard InChI is InChI=1S/C23H36N2O3/c1-5-13-20(25(6-2)16-10-8-7-9-11-17-25)22(26)24-21-18(3)14-12-15-19(21)23(27)28-4/h12,14-15,20H,5-11,13,16-17H2,1-4H3/p+1. The first kappa shape index (κ1) is 22.4. The molecule has 1 aromatic rings. The summed E-state index contributed by atoms with van der Waals surface area (Å²) in [6, 6.07) is 5.36. The summed E-state index contributed by atoms with van der Waals surface area (Å²) in [5.74, 6) is -0.389. The van der Waals surface area contributed by atoms with Gasteiger partial charge in [0.15, 0.2) is 6.04 Å². The number of para-hydroxylation sites is 1. The second-order valence-electron chi connectivity index (χ2n) is 8.03. The molecule has 1 saturated heterocycles. The number of anilines is 1. The number of hydrogen-bond acceptors (Lipinski definition) is 3. The van der Waals surface area contributed by atoms with E-state index in [1.807, 2.05) is 19.1 Å². The van der Waals surface area contributed by atoms with Gasteiger partial charge in [-0.1, -0.05) is 25.5 Å². The maximum Gasteiger partial charge on any atom is 0.339 e. The number of ether oxygens (including phenoxy) is 1. The van der Waals surface area contributed by atoms with Gasteiger partial charge in [-0.15, -0.1) is 0 Å². The third-order valence-corrected chi connectivity index (χ3v) is 6.29. The molecule has 1 aromatic carbocycles. The number of rotatable bonds is 7. The molecule has 0 spiro atoms. The molecule has 1 unspecified atom stereocenters. The summed E-state index contributed by atoms with van der Waals surface area (Å²) >= 11 is 0. The van der Waals surface area contributed by atoms with Crippen molar-refractivity contribution in [2.45, 2.75) is 71.8 Å². The first-order chi connectivity index (χ1) is 13.5.